The summed E-state index contributed by atoms with van der Waals surface area (Å²) >= 11 is 6.91. The van der Waals surface area contributed by atoms with Crippen LogP contribution in [-0.2, 0) is 4.79 Å². The number of nitrogens with two attached hydrogens (primary N) is 1. The molecule has 0 radical (unpaired) electrons. The van der Waals surface area contributed by atoms with Crippen LogP contribution >= 0.6 is 23.4 Å². The van der Waals surface area contributed by atoms with Crippen LogP contribution in [-0.4, -0.2) is 31.0 Å². The first-order chi connectivity index (χ1) is 12.4. The topological polar surface area (TPSA) is 98.7 Å². The van der Waals surface area contributed by atoms with E-state index in [1.807, 2.05) is 0 Å². The van der Waals surface area contributed by atoms with Crippen molar-refractivity contribution in [3.8, 4) is 11.4 Å². The summed E-state index contributed by atoms with van der Waals surface area (Å²) < 4.78 is 14.3. The van der Waals surface area contributed by atoms with Crippen molar-refractivity contribution in [2.24, 2.45) is 0 Å². The lowest BCUT2D eigenvalue weighted by atomic mass is 10.2. The van der Waals surface area contributed by atoms with E-state index in [4.69, 9.17) is 17.4 Å². The van der Waals surface area contributed by atoms with Crippen molar-refractivity contribution < 1.29 is 9.18 Å². The van der Waals surface area contributed by atoms with Crippen molar-refractivity contribution in [3.05, 3.63) is 53.4 Å². The number of rotatable bonds is 5. The normalized spacial score (nSPS) is 12.0. The zero-order valence-corrected chi connectivity index (χ0v) is 15.1. The van der Waals surface area contributed by atoms with E-state index in [1.165, 1.54) is 23.0 Å². The monoisotopic (exact) mass is 392 g/mol. The number of nitrogens with zero attached hydrogens (tertiary/aromatic N) is 4. The number of halogens is 2. The first-order valence-electron chi connectivity index (χ1n) is 7.49. The number of thioether (sulfide) groups is 1. The summed E-state index contributed by atoms with van der Waals surface area (Å²) in [5, 5.41) is 11.0. The molecule has 1 aromatic carbocycles. The molecule has 1 amide bonds. The van der Waals surface area contributed by atoms with Crippen molar-refractivity contribution in [1.29, 1.82) is 0 Å². The number of nitrogen functional groups attached to an aromatic ring is 1. The van der Waals surface area contributed by atoms with E-state index < -0.39 is 5.25 Å². The third kappa shape index (κ3) is 4.12. The van der Waals surface area contributed by atoms with E-state index in [-0.39, 0.29) is 11.7 Å². The standard InChI is InChI=1S/C16H14ClFN6OS/c1-9(15(25)21-13-7-4-11(17)8-20-13)26-16-23-22-14(24(16)19)10-2-5-12(18)6-3-10/h2-9H,19H2,1H3,(H,20,21,25)/t9-/m1/s1. The van der Waals surface area contributed by atoms with Crippen molar-refractivity contribution in [3.63, 3.8) is 0 Å². The van der Waals surface area contributed by atoms with E-state index in [1.54, 1.807) is 31.2 Å². The molecule has 0 aliphatic carbocycles. The van der Waals surface area contributed by atoms with Gasteiger partial charge in [0, 0.05) is 11.8 Å². The summed E-state index contributed by atoms with van der Waals surface area (Å²) in [6.45, 7) is 1.71. The van der Waals surface area contributed by atoms with Crippen LogP contribution in [0.2, 0.25) is 5.02 Å². The van der Waals surface area contributed by atoms with Crippen LogP contribution in [0.4, 0.5) is 10.2 Å². The average molecular weight is 393 g/mol. The summed E-state index contributed by atoms with van der Waals surface area (Å²) in [5.74, 6) is 6.16. The second-order valence-corrected chi connectivity index (χ2v) is 7.04. The molecule has 2 heterocycles. The summed E-state index contributed by atoms with van der Waals surface area (Å²) in [5.41, 5.74) is 0.621. The number of benzene rings is 1. The summed E-state index contributed by atoms with van der Waals surface area (Å²) in [6.07, 6.45) is 1.44. The van der Waals surface area contributed by atoms with Crippen LogP contribution in [0.1, 0.15) is 6.92 Å². The smallest absolute Gasteiger partial charge is 0.238 e. The molecule has 0 aliphatic heterocycles. The zero-order valence-electron chi connectivity index (χ0n) is 13.6. The first kappa shape index (κ1) is 18.2. The van der Waals surface area contributed by atoms with Gasteiger partial charge in [-0.2, -0.15) is 0 Å². The predicted molar refractivity (Wildman–Crippen MR) is 98.8 cm³/mol. The minimum atomic E-state index is -0.500. The molecule has 3 rings (SSSR count). The Labute approximate surface area is 157 Å². The highest BCUT2D eigenvalue weighted by molar-refractivity contribution is 8.00. The van der Waals surface area contributed by atoms with E-state index in [0.717, 1.165) is 11.8 Å². The lowest BCUT2D eigenvalue weighted by Crippen LogP contribution is -2.24. The van der Waals surface area contributed by atoms with Crippen molar-refractivity contribution in [2.45, 2.75) is 17.3 Å². The lowest BCUT2D eigenvalue weighted by molar-refractivity contribution is -0.115. The maximum absolute atomic E-state index is 13.0. The molecule has 134 valence electrons. The van der Waals surface area contributed by atoms with Crippen molar-refractivity contribution >= 4 is 35.1 Å². The number of carbonyl (C=O) groups is 1. The largest absolute Gasteiger partial charge is 0.335 e. The maximum Gasteiger partial charge on any atom is 0.238 e. The second-order valence-electron chi connectivity index (χ2n) is 5.29. The molecular formula is C16H14ClFN6OS. The Hall–Kier alpha value is -2.65. The van der Waals surface area contributed by atoms with Gasteiger partial charge in [-0.1, -0.05) is 23.4 Å². The molecular weight excluding hydrogens is 379 g/mol. The van der Waals surface area contributed by atoms with Crippen molar-refractivity contribution in [1.82, 2.24) is 19.9 Å². The minimum absolute atomic E-state index is 0.267. The van der Waals surface area contributed by atoms with Crippen LogP contribution in [0, 0.1) is 5.82 Å². The number of aromatic nitrogens is 4. The van der Waals surface area contributed by atoms with Crippen LogP contribution in [0.15, 0.2) is 47.8 Å². The van der Waals surface area contributed by atoms with Gasteiger partial charge < -0.3 is 11.2 Å². The third-order valence-corrected chi connectivity index (χ3v) is 4.68. The highest BCUT2D eigenvalue weighted by Gasteiger charge is 2.20. The lowest BCUT2D eigenvalue weighted by Gasteiger charge is -2.11. The highest BCUT2D eigenvalue weighted by atomic mass is 35.5. The molecule has 3 N–H and O–H groups in total. The molecule has 26 heavy (non-hydrogen) atoms. The van der Waals surface area contributed by atoms with Crippen LogP contribution in [0.25, 0.3) is 11.4 Å². The number of hydrogen-bond acceptors (Lipinski definition) is 6. The molecule has 0 saturated heterocycles. The highest BCUT2D eigenvalue weighted by Crippen LogP contribution is 2.25. The molecule has 10 heteroatoms. The molecule has 7 nitrogen and oxygen atoms in total. The van der Waals surface area contributed by atoms with E-state index in [9.17, 15) is 9.18 Å². The van der Waals surface area contributed by atoms with Gasteiger partial charge >= 0.3 is 0 Å². The van der Waals surface area contributed by atoms with E-state index in [0.29, 0.717) is 27.4 Å². The SMILES string of the molecule is C[C@@H](Sc1nnc(-c2ccc(F)cc2)n1N)C(=O)Nc1ccc(Cl)cn1. The fourth-order valence-electron chi connectivity index (χ4n) is 2.04. The Balaban J connectivity index is 1.69. The van der Waals surface area contributed by atoms with Gasteiger partial charge in [-0.05, 0) is 43.3 Å². The quantitative estimate of drug-likeness (QED) is 0.511. The Kier molecular flexibility index (Phi) is 5.38. The number of hydrogen-bond donors (Lipinski definition) is 2. The average Bonchev–Trinajstić information content (AvgIpc) is 2.98. The maximum atomic E-state index is 13.0. The van der Waals surface area contributed by atoms with Crippen LogP contribution in [0.5, 0.6) is 0 Å². The Morgan fingerprint density at radius 1 is 1.27 bits per heavy atom. The van der Waals surface area contributed by atoms with E-state index in [2.05, 4.69) is 20.5 Å². The van der Waals surface area contributed by atoms with Crippen LogP contribution < -0.4 is 11.2 Å². The van der Waals surface area contributed by atoms with E-state index >= 15 is 0 Å². The fourth-order valence-corrected chi connectivity index (χ4v) is 2.92. The second kappa shape index (κ2) is 7.71. The van der Waals surface area contributed by atoms with Gasteiger partial charge in [0.05, 0.1) is 10.3 Å². The van der Waals surface area contributed by atoms with Gasteiger partial charge in [-0.15, -0.1) is 10.2 Å². The third-order valence-electron chi connectivity index (χ3n) is 3.40. The number of nitrogens with one attached hydrogen (secondary N) is 1. The van der Waals surface area contributed by atoms with Gasteiger partial charge in [0.2, 0.25) is 11.1 Å². The van der Waals surface area contributed by atoms with Gasteiger partial charge in [0.15, 0.2) is 5.82 Å². The van der Waals surface area contributed by atoms with Crippen LogP contribution in [0.3, 0.4) is 0 Å². The molecule has 0 aliphatic rings. The molecule has 0 fully saturated rings. The minimum Gasteiger partial charge on any atom is -0.335 e. The zero-order chi connectivity index (χ0) is 18.7. The summed E-state index contributed by atoms with van der Waals surface area (Å²) in [7, 11) is 0. The molecule has 0 spiro atoms. The molecule has 0 saturated carbocycles. The molecule has 1 atom stereocenters. The molecule has 3 aromatic rings. The number of pyridine rings is 1. The Morgan fingerprint density at radius 2 is 2.00 bits per heavy atom. The van der Waals surface area contributed by atoms with Crippen molar-refractivity contribution in [2.75, 3.05) is 11.2 Å². The van der Waals surface area contributed by atoms with Gasteiger partial charge in [-0.25, -0.2) is 14.1 Å². The van der Waals surface area contributed by atoms with Gasteiger partial charge in [-0.3, -0.25) is 4.79 Å². The predicted octanol–water partition coefficient (Wildman–Crippen LogP) is 2.97. The Morgan fingerprint density at radius 3 is 2.65 bits per heavy atom. The molecule has 2 aromatic heterocycles. The summed E-state index contributed by atoms with van der Waals surface area (Å²) in [4.78, 5) is 16.3. The molecule has 0 unspecified atom stereocenters. The first-order valence-corrected chi connectivity index (χ1v) is 8.75. The number of amides is 1. The van der Waals surface area contributed by atoms with Gasteiger partial charge in [0.1, 0.15) is 11.6 Å². The summed E-state index contributed by atoms with van der Waals surface area (Å²) in [6, 6.07) is 8.97. The molecule has 0 bridgehead atoms. The number of carbonyl (C=O) groups excluding carboxylic acids is 1. The number of anilines is 1. The van der Waals surface area contributed by atoms with Gasteiger partial charge in [0.25, 0.3) is 0 Å². The Bertz CT molecular complexity index is 915. The fraction of sp³-hybridized carbons (Fsp3) is 0.125.